The molecule has 2 nitrogen and oxygen atoms in total. The number of benzene rings is 1. The van der Waals surface area contributed by atoms with Gasteiger partial charge in [0, 0.05) is 25.2 Å². The molecule has 0 aromatic heterocycles. The van der Waals surface area contributed by atoms with E-state index in [1.54, 1.807) is 0 Å². The Kier molecular flexibility index (Phi) is 4.75. The first-order valence-electron chi connectivity index (χ1n) is 6.99. The van der Waals surface area contributed by atoms with E-state index in [2.05, 4.69) is 19.2 Å². The van der Waals surface area contributed by atoms with Crippen LogP contribution in [0.25, 0.3) is 0 Å². The third kappa shape index (κ3) is 3.90. The molecular formula is C15H22F2N2. The molecular weight excluding hydrogens is 246 g/mol. The lowest BCUT2D eigenvalue weighted by atomic mass is 10.0. The van der Waals surface area contributed by atoms with Crippen molar-refractivity contribution in [1.29, 1.82) is 0 Å². The Bertz CT molecular complexity index is 421. The van der Waals surface area contributed by atoms with Gasteiger partial charge < -0.3 is 10.2 Å². The molecule has 1 aromatic carbocycles. The molecule has 1 aromatic rings. The molecule has 0 aliphatic carbocycles. The topological polar surface area (TPSA) is 15.3 Å². The summed E-state index contributed by atoms with van der Waals surface area (Å²) < 4.78 is 27.0. The van der Waals surface area contributed by atoms with Crippen LogP contribution in [-0.4, -0.2) is 25.7 Å². The van der Waals surface area contributed by atoms with Crippen LogP contribution < -0.4 is 10.2 Å². The number of anilines is 1. The van der Waals surface area contributed by atoms with Crippen molar-refractivity contribution in [2.45, 2.75) is 32.7 Å². The van der Waals surface area contributed by atoms with Crippen LogP contribution in [0.4, 0.5) is 14.5 Å². The fraction of sp³-hybridized carbons (Fsp3) is 0.600. The highest BCUT2D eigenvalue weighted by atomic mass is 19.1. The average Bonchev–Trinajstić information content (AvgIpc) is 2.39. The molecule has 0 amide bonds. The molecule has 1 heterocycles. The first-order valence-corrected chi connectivity index (χ1v) is 6.99. The molecule has 1 aliphatic rings. The van der Waals surface area contributed by atoms with Gasteiger partial charge in [0.15, 0.2) is 0 Å². The summed E-state index contributed by atoms with van der Waals surface area (Å²) in [4.78, 5) is 1.94. The molecule has 1 fully saturated rings. The minimum Gasteiger partial charge on any atom is -0.368 e. The number of halogens is 2. The Hall–Kier alpha value is -1.16. The fourth-order valence-corrected chi connectivity index (χ4v) is 2.49. The molecule has 1 atom stereocenters. The molecule has 1 N–H and O–H groups in total. The zero-order valence-electron chi connectivity index (χ0n) is 11.6. The molecule has 4 heteroatoms. The summed E-state index contributed by atoms with van der Waals surface area (Å²) in [7, 11) is 0. The number of hydrogen-bond donors (Lipinski definition) is 1. The molecule has 0 saturated carbocycles. The number of piperidine rings is 1. The normalized spacial score (nSPS) is 20.1. The minimum absolute atomic E-state index is 0.342. The smallest absolute Gasteiger partial charge is 0.146 e. The highest BCUT2D eigenvalue weighted by Gasteiger charge is 2.22. The summed E-state index contributed by atoms with van der Waals surface area (Å²) in [5.74, 6) is -0.124. The summed E-state index contributed by atoms with van der Waals surface area (Å²) in [5, 5.41) is 3.50. The second-order valence-corrected chi connectivity index (χ2v) is 5.68. The van der Waals surface area contributed by atoms with E-state index in [4.69, 9.17) is 0 Å². The third-order valence-electron chi connectivity index (χ3n) is 3.49. The van der Waals surface area contributed by atoms with Gasteiger partial charge in [-0.1, -0.05) is 13.8 Å². The lowest BCUT2D eigenvalue weighted by molar-refractivity contribution is 0.397. The van der Waals surface area contributed by atoms with Gasteiger partial charge in [-0.3, -0.25) is 0 Å². The van der Waals surface area contributed by atoms with E-state index in [1.807, 2.05) is 4.90 Å². The summed E-state index contributed by atoms with van der Waals surface area (Å²) in [6, 6.07) is 4.02. The molecule has 1 saturated heterocycles. The van der Waals surface area contributed by atoms with Crippen LogP contribution in [0.5, 0.6) is 0 Å². The molecule has 2 rings (SSSR count). The summed E-state index contributed by atoms with van der Waals surface area (Å²) >= 11 is 0. The quantitative estimate of drug-likeness (QED) is 0.902. The maximum absolute atomic E-state index is 13.8. The Morgan fingerprint density at radius 1 is 1.37 bits per heavy atom. The van der Waals surface area contributed by atoms with Crippen LogP contribution in [0.3, 0.4) is 0 Å². The van der Waals surface area contributed by atoms with Crippen LogP contribution in [-0.2, 0) is 0 Å². The summed E-state index contributed by atoms with van der Waals surface area (Å²) in [5.41, 5.74) is 0.385. The van der Waals surface area contributed by atoms with Crippen LogP contribution in [0.2, 0.25) is 0 Å². The van der Waals surface area contributed by atoms with Crippen molar-refractivity contribution >= 4 is 5.69 Å². The molecule has 1 aliphatic heterocycles. The lowest BCUT2D eigenvalue weighted by Crippen LogP contribution is -2.47. The zero-order chi connectivity index (χ0) is 13.8. The lowest BCUT2D eigenvalue weighted by Gasteiger charge is -2.35. The van der Waals surface area contributed by atoms with Gasteiger partial charge in [0.1, 0.15) is 11.6 Å². The van der Waals surface area contributed by atoms with E-state index in [1.165, 1.54) is 12.1 Å². The number of nitrogens with zero attached hydrogens (tertiary/aromatic N) is 1. The van der Waals surface area contributed by atoms with Crippen LogP contribution in [0, 0.1) is 17.6 Å². The van der Waals surface area contributed by atoms with Crippen molar-refractivity contribution in [3.8, 4) is 0 Å². The first-order chi connectivity index (χ1) is 9.06. The second kappa shape index (κ2) is 6.33. The average molecular weight is 268 g/mol. The van der Waals surface area contributed by atoms with E-state index in [0.717, 1.165) is 38.5 Å². The minimum atomic E-state index is -0.381. The standard InChI is InChI=1S/C15H22F2N2/c1-11(2)9-18-13-4-3-7-19(10-13)15-8-12(16)5-6-14(15)17/h5-6,8,11,13,18H,3-4,7,9-10H2,1-2H3. The van der Waals surface area contributed by atoms with Crippen LogP contribution in [0.15, 0.2) is 18.2 Å². The SMILES string of the molecule is CC(C)CNC1CCCN(c2cc(F)ccc2F)C1. The molecule has 0 spiro atoms. The molecule has 1 unspecified atom stereocenters. The fourth-order valence-electron chi connectivity index (χ4n) is 2.49. The zero-order valence-corrected chi connectivity index (χ0v) is 11.6. The van der Waals surface area contributed by atoms with Gasteiger partial charge in [0.2, 0.25) is 0 Å². The van der Waals surface area contributed by atoms with Gasteiger partial charge >= 0.3 is 0 Å². The van der Waals surface area contributed by atoms with E-state index in [0.29, 0.717) is 17.6 Å². The molecule has 19 heavy (non-hydrogen) atoms. The van der Waals surface area contributed by atoms with Crippen LogP contribution in [0.1, 0.15) is 26.7 Å². The Balaban J connectivity index is 2.02. The van der Waals surface area contributed by atoms with Crippen molar-refractivity contribution in [2.24, 2.45) is 5.92 Å². The number of nitrogens with one attached hydrogen (secondary N) is 1. The second-order valence-electron chi connectivity index (χ2n) is 5.68. The highest BCUT2D eigenvalue weighted by molar-refractivity contribution is 5.48. The Morgan fingerprint density at radius 3 is 2.89 bits per heavy atom. The molecule has 106 valence electrons. The van der Waals surface area contributed by atoms with Crippen molar-refractivity contribution in [3.63, 3.8) is 0 Å². The highest BCUT2D eigenvalue weighted by Crippen LogP contribution is 2.24. The van der Waals surface area contributed by atoms with Gasteiger partial charge in [-0.05, 0) is 37.4 Å². The summed E-state index contributed by atoms with van der Waals surface area (Å²) in [6.45, 7) is 6.83. The van der Waals surface area contributed by atoms with Gasteiger partial charge in [-0.2, -0.15) is 0 Å². The van der Waals surface area contributed by atoms with Gasteiger partial charge in [-0.25, -0.2) is 8.78 Å². The van der Waals surface area contributed by atoms with Crippen LogP contribution >= 0.6 is 0 Å². The van der Waals surface area contributed by atoms with Gasteiger partial charge in [-0.15, -0.1) is 0 Å². The molecule has 0 bridgehead atoms. The first kappa shape index (κ1) is 14.3. The number of hydrogen-bond acceptors (Lipinski definition) is 2. The maximum atomic E-state index is 13.8. The van der Waals surface area contributed by atoms with Crippen molar-refractivity contribution in [3.05, 3.63) is 29.8 Å². The largest absolute Gasteiger partial charge is 0.368 e. The van der Waals surface area contributed by atoms with E-state index in [9.17, 15) is 8.78 Å². The third-order valence-corrected chi connectivity index (χ3v) is 3.49. The Labute approximate surface area is 113 Å². The van der Waals surface area contributed by atoms with Gasteiger partial charge in [0.05, 0.1) is 5.69 Å². The monoisotopic (exact) mass is 268 g/mol. The van der Waals surface area contributed by atoms with Crippen molar-refractivity contribution < 1.29 is 8.78 Å². The van der Waals surface area contributed by atoms with E-state index < -0.39 is 0 Å². The predicted molar refractivity (Wildman–Crippen MR) is 74.4 cm³/mol. The van der Waals surface area contributed by atoms with Gasteiger partial charge in [0.25, 0.3) is 0 Å². The van der Waals surface area contributed by atoms with E-state index in [-0.39, 0.29) is 11.6 Å². The predicted octanol–water partition coefficient (Wildman–Crippen LogP) is 3.18. The van der Waals surface area contributed by atoms with Crippen molar-refractivity contribution in [1.82, 2.24) is 5.32 Å². The van der Waals surface area contributed by atoms with E-state index >= 15 is 0 Å². The number of rotatable bonds is 4. The molecule has 0 radical (unpaired) electrons. The Morgan fingerprint density at radius 2 is 2.16 bits per heavy atom. The maximum Gasteiger partial charge on any atom is 0.146 e. The summed E-state index contributed by atoms with van der Waals surface area (Å²) in [6.07, 6.45) is 2.10. The van der Waals surface area contributed by atoms with Crippen molar-refractivity contribution in [2.75, 3.05) is 24.5 Å².